The van der Waals surface area contributed by atoms with Crippen molar-refractivity contribution in [1.82, 2.24) is 0 Å². The number of hydrogen-bond acceptors (Lipinski definition) is 23. The van der Waals surface area contributed by atoms with E-state index >= 15 is 0 Å². The SMILES string of the molecule is O=C(OC1C(c2ccc(O)c(O)c2)Oc2c(c(O)cc(O)c2C2c3c(O)cc(O)cc3OC(c3ccc(O)c(O)c3)C2OC(=O)c2cc(O)c(O)c(O)c2)C1c1c(O)cc(O)cc1O)c1cc(O)c(O)c(O)c1. The Kier molecular flexibility index (Phi) is 11.5. The van der Waals surface area contributed by atoms with Gasteiger partial charge in [-0.05, 0) is 48.5 Å². The van der Waals surface area contributed by atoms with Crippen molar-refractivity contribution in [3.8, 4) is 109 Å². The molecule has 0 fully saturated rings. The highest BCUT2D eigenvalue weighted by Gasteiger charge is 2.53. The number of ether oxygens (including phenoxy) is 4. The zero-order valence-electron chi connectivity index (χ0n) is 36.7. The van der Waals surface area contributed by atoms with Crippen LogP contribution in [0.3, 0.4) is 0 Å². The standard InChI is InChI=1S/C50H38O23/c51-20-11-26(57)36(27(58)12-20)40-38-29(60)15-30(61)39(46(38)71-45(17-2-4-23(54)25(56)6-17)47(40)72-49(68)18-7-31(62)42(66)32(63)8-18)41-37-28(59)13-21(52)14-35(37)70-44(16-1-3-22(53)24(55)5-16)48(41)73-50(69)19-9-33(64)43(67)34(65)10-19/h1-15,40-41,44-45,47-48,51-67H. The monoisotopic (exact) mass is 1010 g/mol. The summed E-state index contributed by atoms with van der Waals surface area (Å²) in [6.07, 6.45) is -7.80. The lowest BCUT2D eigenvalue weighted by atomic mass is 9.73. The first-order chi connectivity index (χ1) is 34.5. The molecule has 0 saturated carbocycles. The number of hydrogen-bond donors (Lipinski definition) is 17. The number of fused-ring (bicyclic) bond motifs is 2. The highest BCUT2D eigenvalue weighted by atomic mass is 16.6. The predicted molar refractivity (Wildman–Crippen MR) is 242 cm³/mol. The maximum Gasteiger partial charge on any atom is 0.338 e. The quantitative estimate of drug-likeness (QED) is 0.0644. The van der Waals surface area contributed by atoms with Gasteiger partial charge in [0.05, 0.1) is 23.0 Å². The molecule has 2 heterocycles. The summed E-state index contributed by atoms with van der Waals surface area (Å²) in [4.78, 5) is 28.5. The fourth-order valence-corrected chi connectivity index (χ4v) is 9.06. The van der Waals surface area contributed by atoms with Gasteiger partial charge in [0, 0.05) is 63.7 Å². The zero-order chi connectivity index (χ0) is 52.6. The number of carbonyl (C=O) groups is 2. The molecule has 0 spiro atoms. The Morgan fingerprint density at radius 3 is 1.15 bits per heavy atom. The van der Waals surface area contributed by atoms with E-state index < -0.39 is 191 Å². The smallest absolute Gasteiger partial charge is 0.338 e. The average Bonchev–Trinajstić information content (AvgIpc) is 3.31. The Bertz CT molecular complexity index is 3370. The first kappa shape index (κ1) is 47.7. The van der Waals surface area contributed by atoms with Crippen molar-refractivity contribution < 1.29 is 115 Å². The molecular weight excluding hydrogens is 969 g/mol. The number of benzene rings is 7. The van der Waals surface area contributed by atoms with Crippen molar-refractivity contribution >= 4 is 11.9 Å². The minimum Gasteiger partial charge on any atom is -0.508 e. The van der Waals surface area contributed by atoms with Crippen molar-refractivity contribution in [1.29, 1.82) is 0 Å². The van der Waals surface area contributed by atoms with Crippen LogP contribution in [0.2, 0.25) is 0 Å². The molecule has 0 bridgehead atoms. The second-order valence-electron chi connectivity index (χ2n) is 16.8. The lowest BCUT2D eigenvalue weighted by Crippen LogP contribution is -2.41. The molecule has 17 N–H and O–H groups in total. The third kappa shape index (κ3) is 8.20. The average molecular weight is 1010 g/mol. The van der Waals surface area contributed by atoms with Crippen molar-refractivity contribution in [2.75, 3.05) is 0 Å². The lowest BCUT2D eigenvalue weighted by molar-refractivity contribution is -0.0334. The molecule has 2 aliphatic heterocycles. The van der Waals surface area contributed by atoms with Crippen molar-refractivity contribution in [3.63, 3.8) is 0 Å². The summed E-state index contributed by atoms with van der Waals surface area (Å²) in [6, 6.07) is 12.9. The summed E-state index contributed by atoms with van der Waals surface area (Å²) in [7, 11) is 0. The van der Waals surface area contributed by atoms with Gasteiger partial charge in [0.1, 0.15) is 51.7 Å². The molecule has 23 nitrogen and oxygen atoms in total. The molecule has 6 atom stereocenters. The van der Waals surface area contributed by atoms with Crippen LogP contribution >= 0.6 is 0 Å². The van der Waals surface area contributed by atoms with E-state index in [1.165, 1.54) is 6.07 Å². The van der Waals surface area contributed by atoms with Gasteiger partial charge in [0.15, 0.2) is 81.9 Å². The Morgan fingerprint density at radius 1 is 0.356 bits per heavy atom. The molecular formula is C50H38O23. The lowest BCUT2D eigenvalue weighted by Gasteiger charge is -2.44. The first-order valence-corrected chi connectivity index (χ1v) is 21.2. The summed E-state index contributed by atoms with van der Waals surface area (Å²) in [5.74, 6) is -22.8. The van der Waals surface area contributed by atoms with Crippen molar-refractivity contribution in [2.24, 2.45) is 0 Å². The minimum absolute atomic E-state index is 0.122. The van der Waals surface area contributed by atoms with Gasteiger partial charge in [0.2, 0.25) is 0 Å². The van der Waals surface area contributed by atoms with Crippen molar-refractivity contribution in [2.45, 2.75) is 36.3 Å². The van der Waals surface area contributed by atoms with Gasteiger partial charge in [-0.15, -0.1) is 0 Å². The van der Waals surface area contributed by atoms with Gasteiger partial charge in [-0.2, -0.15) is 0 Å². The molecule has 0 radical (unpaired) electrons. The maximum atomic E-state index is 14.3. The van der Waals surface area contributed by atoms with E-state index in [-0.39, 0.29) is 11.1 Å². The number of carbonyl (C=O) groups excluding carboxylic acids is 2. The van der Waals surface area contributed by atoms with Crippen LogP contribution in [0.1, 0.15) is 78.1 Å². The molecule has 0 saturated heterocycles. The summed E-state index contributed by atoms with van der Waals surface area (Å²) in [5.41, 5.74) is -3.90. The maximum absolute atomic E-state index is 14.3. The molecule has 9 rings (SSSR count). The van der Waals surface area contributed by atoms with E-state index in [4.69, 9.17) is 18.9 Å². The molecule has 376 valence electrons. The van der Waals surface area contributed by atoms with Crippen LogP contribution in [0.25, 0.3) is 0 Å². The van der Waals surface area contributed by atoms with Gasteiger partial charge in [-0.3, -0.25) is 0 Å². The predicted octanol–water partition coefficient (Wildman–Crippen LogP) is 5.66. The van der Waals surface area contributed by atoms with Crippen LogP contribution in [0.5, 0.6) is 109 Å². The highest BCUT2D eigenvalue weighted by Crippen LogP contribution is 2.62. The minimum atomic E-state index is -2.06. The molecule has 7 aromatic rings. The molecule has 6 unspecified atom stereocenters. The fraction of sp³-hybridized carbons (Fsp3) is 0.120. The van der Waals surface area contributed by atoms with E-state index in [0.29, 0.717) is 30.3 Å². The normalized spacial score (nSPS) is 18.8. The van der Waals surface area contributed by atoms with Gasteiger partial charge in [0.25, 0.3) is 0 Å². The fourth-order valence-electron chi connectivity index (χ4n) is 9.06. The van der Waals surface area contributed by atoms with Gasteiger partial charge >= 0.3 is 11.9 Å². The Balaban J connectivity index is 1.37. The molecule has 0 aromatic heterocycles. The van der Waals surface area contributed by atoms with E-state index in [1.807, 2.05) is 0 Å². The van der Waals surface area contributed by atoms with Crippen LogP contribution in [-0.4, -0.2) is 111 Å². The van der Waals surface area contributed by atoms with Crippen LogP contribution in [0.4, 0.5) is 0 Å². The number of aromatic hydroxyl groups is 17. The van der Waals surface area contributed by atoms with Crippen LogP contribution in [-0.2, 0) is 9.47 Å². The number of phenols is 17. The number of phenolic OH excluding ortho intramolecular Hbond substituents is 17. The van der Waals surface area contributed by atoms with E-state index in [9.17, 15) is 96.4 Å². The molecule has 0 amide bonds. The van der Waals surface area contributed by atoms with E-state index in [1.54, 1.807) is 0 Å². The highest BCUT2D eigenvalue weighted by molar-refractivity contribution is 5.92. The van der Waals surface area contributed by atoms with Gasteiger partial charge in [-0.1, -0.05) is 12.1 Å². The van der Waals surface area contributed by atoms with E-state index in [0.717, 1.165) is 54.6 Å². The third-order valence-corrected chi connectivity index (χ3v) is 12.3. The van der Waals surface area contributed by atoms with Crippen LogP contribution in [0, 0.1) is 0 Å². The largest absolute Gasteiger partial charge is 0.508 e. The molecule has 7 aromatic carbocycles. The summed E-state index contributed by atoms with van der Waals surface area (Å²) in [6.45, 7) is 0. The van der Waals surface area contributed by atoms with Crippen LogP contribution < -0.4 is 9.47 Å². The number of rotatable bonds is 8. The molecule has 2 aliphatic rings. The Labute approximate surface area is 407 Å². The summed E-state index contributed by atoms with van der Waals surface area (Å²) >= 11 is 0. The van der Waals surface area contributed by atoms with Crippen molar-refractivity contribution in [3.05, 3.63) is 136 Å². The third-order valence-electron chi connectivity index (χ3n) is 12.3. The second kappa shape index (κ2) is 17.6. The zero-order valence-corrected chi connectivity index (χ0v) is 36.7. The molecule has 23 heteroatoms. The molecule has 73 heavy (non-hydrogen) atoms. The van der Waals surface area contributed by atoms with E-state index in [2.05, 4.69) is 0 Å². The first-order valence-electron chi connectivity index (χ1n) is 21.2. The van der Waals surface area contributed by atoms with Gasteiger partial charge in [-0.25, -0.2) is 9.59 Å². The Morgan fingerprint density at radius 2 is 0.726 bits per heavy atom. The van der Waals surface area contributed by atoms with Crippen LogP contribution in [0.15, 0.2) is 91.0 Å². The van der Waals surface area contributed by atoms with Gasteiger partial charge < -0.3 is 106 Å². The topological polar surface area (TPSA) is 415 Å². The molecule has 0 aliphatic carbocycles. The second-order valence-corrected chi connectivity index (χ2v) is 16.8. The Hall–Kier alpha value is -10.3. The number of esters is 2. The summed E-state index contributed by atoms with van der Waals surface area (Å²) < 4.78 is 25.0. The summed E-state index contributed by atoms with van der Waals surface area (Å²) in [5, 5.41) is 184.